The molecule has 4 heteroatoms. The Labute approximate surface area is 100.0 Å². The van der Waals surface area contributed by atoms with Gasteiger partial charge in [-0.15, -0.1) is 0 Å². The van der Waals surface area contributed by atoms with Crippen molar-refractivity contribution in [2.24, 2.45) is 0 Å². The van der Waals surface area contributed by atoms with E-state index in [2.05, 4.69) is 31.1 Å². The molecule has 0 fully saturated rings. The van der Waals surface area contributed by atoms with Gasteiger partial charge in [-0.2, -0.15) is 0 Å². The largest absolute Gasteiger partial charge is 0.394 e. The third kappa shape index (κ3) is 7.17. The van der Waals surface area contributed by atoms with Crippen LogP contribution in [0.4, 0.5) is 0 Å². The van der Waals surface area contributed by atoms with Crippen LogP contribution in [-0.2, 0) is 4.74 Å². The number of ether oxygens (including phenoxy) is 1. The van der Waals surface area contributed by atoms with E-state index in [1.54, 1.807) is 7.11 Å². The normalized spacial score (nSPS) is 15.4. The Balaban J connectivity index is 3.83. The number of aliphatic hydroxyl groups is 1. The van der Waals surface area contributed by atoms with Crippen molar-refractivity contribution in [3.8, 4) is 0 Å². The van der Waals surface area contributed by atoms with Gasteiger partial charge in [0.1, 0.15) is 0 Å². The first kappa shape index (κ1) is 15.8. The second-order valence-corrected chi connectivity index (χ2v) is 4.69. The zero-order valence-electron chi connectivity index (χ0n) is 11.3. The fraction of sp³-hybridized carbons (Fsp3) is 1.00. The predicted octanol–water partition coefficient (Wildman–Crippen LogP) is 0.705. The van der Waals surface area contributed by atoms with Gasteiger partial charge in [0.25, 0.3) is 0 Å². The van der Waals surface area contributed by atoms with E-state index >= 15 is 0 Å². The zero-order chi connectivity index (χ0) is 12.4. The van der Waals surface area contributed by atoms with Crippen molar-refractivity contribution < 1.29 is 9.84 Å². The quantitative estimate of drug-likeness (QED) is 0.582. The van der Waals surface area contributed by atoms with E-state index < -0.39 is 0 Å². The molecule has 1 unspecified atom stereocenters. The molecule has 0 aliphatic carbocycles. The summed E-state index contributed by atoms with van der Waals surface area (Å²) < 4.78 is 5.03. The number of methoxy groups -OCH3 is 1. The maximum Gasteiger partial charge on any atom is 0.0611 e. The number of hydrogen-bond donors (Lipinski definition) is 2. The van der Waals surface area contributed by atoms with E-state index in [1.807, 2.05) is 0 Å². The molecule has 0 spiro atoms. The first-order chi connectivity index (χ1) is 7.58. The van der Waals surface area contributed by atoms with Gasteiger partial charge in [0.2, 0.25) is 0 Å². The zero-order valence-corrected chi connectivity index (χ0v) is 11.3. The summed E-state index contributed by atoms with van der Waals surface area (Å²) in [7, 11) is 3.80. The van der Waals surface area contributed by atoms with Crippen molar-refractivity contribution in [2.45, 2.75) is 32.2 Å². The molecular weight excluding hydrogens is 204 g/mol. The highest BCUT2D eigenvalue weighted by Crippen LogP contribution is 2.09. The van der Waals surface area contributed by atoms with Crippen molar-refractivity contribution in [1.29, 1.82) is 0 Å². The van der Waals surface area contributed by atoms with E-state index in [4.69, 9.17) is 4.74 Å². The van der Waals surface area contributed by atoms with Gasteiger partial charge in [-0.3, -0.25) is 0 Å². The van der Waals surface area contributed by atoms with E-state index in [1.165, 1.54) is 0 Å². The monoisotopic (exact) mass is 232 g/mol. The average Bonchev–Trinajstić information content (AvgIpc) is 2.31. The summed E-state index contributed by atoms with van der Waals surface area (Å²) in [6.07, 6.45) is 2.04. The van der Waals surface area contributed by atoms with Crippen molar-refractivity contribution in [3.05, 3.63) is 0 Å². The topological polar surface area (TPSA) is 44.7 Å². The summed E-state index contributed by atoms with van der Waals surface area (Å²) in [5.41, 5.74) is -0.155. The molecule has 0 aromatic rings. The standard InChI is InChI=1S/C12H28N2O2/c1-5-7-13-12(2,11-15)6-8-14(3)9-10-16-4/h13,15H,5-11H2,1-4H3. The van der Waals surface area contributed by atoms with Gasteiger partial charge >= 0.3 is 0 Å². The number of nitrogens with one attached hydrogen (secondary N) is 1. The lowest BCUT2D eigenvalue weighted by Gasteiger charge is -2.30. The second kappa shape index (κ2) is 8.93. The molecule has 98 valence electrons. The molecule has 0 aliphatic rings. The number of hydrogen-bond acceptors (Lipinski definition) is 4. The molecule has 0 rings (SSSR count). The highest BCUT2D eigenvalue weighted by Gasteiger charge is 2.22. The average molecular weight is 232 g/mol. The van der Waals surface area contributed by atoms with E-state index in [-0.39, 0.29) is 12.1 Å². The molecule has 4 nitrogen and oxygen atoms in total. The van der Waals surface area contributed by atoms with Crippen molar-refractivity contribution in [3.63, 3.8) is 0 Å². The molecule has 0 radical (unpaired) electrons. The fourth-order valence-electron chi connectivity index (χ4n) is 1.45. The number of rotatable bonds is 10. The predicted molar refractivity (Wildman–Crippen MR) is 67.8 cm³/mol. The first-order valence-electron chi connectivity index (χ1n) is 6.11. The third-order valence-corrected chi connectivity index (χ3v) is 2.87. The molecule has 0 bridgehead atoms. The van der Waals surface area contributed by atoms with Crippen LogP contribution < -0.4 is 5.32 Å². The Kier molecular flexibility index (Phi) is 8.84. The minimum absolute atomic E-state index is 0.155. The van der Waals surface area contributed by atoms with Crippen LogP contribution in [0.3, 0.4) is 0 Å². The summed E-state index contributed by atoms with van der Waals surface area (Å²) in [6, 6.07) is 0. The molecule has 2 N–H and O–H groups in total. The lowest BCUT2D eigenvalue weighted by Crippen LogP contribution is -2.48. The van der Waals surface area contributed by atoms with Crippen LogP contribution >= 0.6 is 0 Å². The van der Waals surface area contributed by atoms with E-state index in [0.717, 1.165) is 39.1 Å². The SMILES string of the molecule is CCCNC(C)(CO)CCN(C)CCOC. The first-order valence-corrected chi connectivity index (χ1v) is 6.11. The van der Waals surface area contributed by atoms with Crippen LogP contribution in [0.2, 0.25) is 0 Å². The minimum Gasteiger partial charge on any atom is -0.394 e. The number of likely N-dealkylation sites (N-methyl/N-ethyl adjacent to an activating group) is 1. The van der Waals surface area contributed by atoms with Gasteiger partial charge < -0.3 is 20.1 Å². The van der Waals surface area contributed by atoms with Gasteiger partial charge in [-0.1, -0.05) is 6.92 Å². The van der Waals surface area contributed by atoms with E-state index in [9.17, 15) is 5.11 Å². The highest BCUT2D eigenvalue weighted by atomic mass is 16.5. The molecule has 0 heterocycles. The molecule has 0 aliphatic heterocycles. The van der Waals surface area contributed by atoms with Crippen molar-refractivity contribution in [1.82, 2.24) is 10.2 Å². The van der Waals surface area contributed by atoms with Crippen molar-refractivity contribution in [2.75, 3.05) is 47.0 Å². The molecule has 0 aromatic heterocycles. The van der Waals surface area contributed by atoms with Crippen LogP contribution in [0, 0.1) is 0 Å². The number of nitrogens with zero attached hydrogens (tertiary/aromatic N) is 1. The Morgan fingerprint density at radius 3 is 2.56 bits per heavy atom. The van der Waals surface area contributed by atoms with Crippen LogP contribution in [0.25, 0.3) is 0 Å². The molecular formula is C12H28N2O2. The van der Waals surface area contributed by atoms with Gasteiger partial charge in [0.05, 0.1) is 13.2 Å². The number of aliphatic hydroxyl groups excluding tert-OH is 1. The third-order valence-electron chi connectivity index (χ3n) is 2.87. The summed E-state index contributed by atoms with van der Waals surface area (Å²) in [5, 5.41) is 12.8. The van der Waals surface area contributed by atoms with Crippen molar-refractivity contribution >= 4 is 0 Å². The van der Waals surface area contributed by atoms with Gasteiger partial charge in [0, 0.05) is 19.2 Å². The fourth-order valence-corrected chi connectivity index (χ4v) is 1.45. The lowest BCUT2D eigenvalue weighted by molar-refractivity contribution is 0.132. The minimum atomic E-state index is -0.155. The summed E-state index contributed by atoms with van der Waals surface area (Å²) in [6.45, 7) is 8.02. The summed E-state index contributed by atoms with van der Waals surface area (Å²) >= 11 is 0. The maximum absolute atomic E-state index is 9.40. The Hall–Kier alpha value is -0.160. The summed E-state index contributed by atoms with van der Waals surface area (Å²) in [5.74, 6) is 0. The maximum atomic E-state index is 9.40. The second-order valence-electron chi connectivity index (χ2n) is 4.69. The molecule has 0 aromatic carbocycles. The van der Waals surface area contributed by atoms with Crippen LogP contribution in [0.15, 0.2) is 0 Å². The van der Waals surface area contributed by atoms with Gasteiger partial charge in [-0.05, 0) is 39.9 Å². The molecule has 0 amide bonds. The van der Waals surface area contributed by atoms with Crippen LogP contribution in [0.5, 0.6) is 0 Å². The Morgan fingerprint density at radius 1 is 1.38 bits per heavy atom. The Bertz CT molecular complexity index is 167. The van der Waals surface area contributed by atoms with Crippen LogP contribution in [-0.4, -0.2) is 62.6 Å². The molecule has 1 atom stereocenters. The van der Waals surface area contributed by atoms with Gasteiger partial charge in [-0.25, -0.2) is 0 Å². The van der Waals surface area contributed by atoms with Gasteiger partial charge in [0.15, 0.2) is 0 Å². The lowest BCUT2D eigenvalue weighted by atomic mass is 9.98. The molecule has 16 heavy (non-hydrogen) atoms. The molecule has 0 saturated heterocycles. The van der Waals surface area contributed by atoms with Crippen LogP contribution in [0.1, 0.15) is 26.7 Å². The Morgan fingerprint density at radius 2 is 2.06 bits per heavy atom. The molecule has 0 saturated carbocycles. The highest BCUT2D eigenvalue weighted by molar-refractivity contribution is 4.82. The van der Waals surface area contributed by atoms with E-state index in [0.29, 0.717) is 0 Å². The summed E-state index contributed by atoms with van der Waals surface area (Å²) in [4.78, 5) is 2.23. The smallest absolute Gasteiger partial charge is 0.0611 e.